The molecule has 0 radical (unpaired) electrons. The van der Waals surface area contributed by atoms with E-state index < -0.39 is 17.2 Å². The first-order valence-electron chi connectivity index (χ1n) is 9.22. The van der Waals surface area contributed by atoms with Crippen molar-refractivity contribution in [3.05, 3.63) is 5.82 Å². The topological polar surface area (TPSA) is 107 Å². The number of urea groups is 1. The molecule has 26 heavy (non-hydrogen) atoms. The lowest BCUT2D eigenvalue weighted by Crippen LogP contribution is -3.06. The first kappa shape index (κ1) is 22.4. The molecule has 0 unspecified atom stereocenters. The number of carbonyl (C=O) groups excluding carboxylic acids is 2. The second-order valence-corrected chi connectivity index (χ2v) is 8.13. The minimum atomic E-state index is -0.836. The molecular weight excluding hydrogens is 352 g/mol. The molecule has 0 fully saturated rings. The molecule has 1 aromatic heterocycles. The summed E-state index contributed by atoms with van der Waals surface area (Å²) in [5.74, 6) is 0.566. The quantitative estimate of drug-likeness (QED) is 0.521. The second kappa shape index (κ2) is 10.5. The van der Waals surface area contributed by atoms with Crippen molar-refractivity contribution in [1.82, 2.24) is 20.1 Å². The van der Waals surface area contributed by atoms with Crippen molar-refractivity contribution >= 4 is 23.7 Å². The number of rotatable bonds is 10. The smallest absolute Gasteiger partial charge is 0.318 e. The molecule has 0 aromatic carbocycles. The van der Waals surface area contributed by atoms with Gasteiger partial charge in [0.25, 0.3) is 0 Å². The van der Waals surface area contributed by atoms with Crippen LogP contribution in [0.3, 0.4) is 0 Å². The van der Waals surface area contributed by atoms with E-state index in [0.717, 1.165) is 31.6 Å². The lowest BCUT2D eigenvalue weighted by atomic mass is 10.1. The Labute approximate surface area is 160 Å². The number of nitrogens with two attached hydrogens (primary N) is 1. The molecule has 3 amide bonds. The van der Waals surface area contributed by atoms with Gasteiger partial charge in [0.2, 0.25) is 5.91 Å². The minimum absolute atomic E-state index is 0.0144. The predicted molar refractivity (Wildman–Crippen MR) is 103 cm³/mol. The minimum Gasteiger partial charge on any atom is -0.351 e. The van der Waals surface area contributed by atoms with E-state index in [1.807, 2.05) is 13.8 Å². The molecule has 0 aliphatic heterocycles. The van der Waals surface area contributed by atoms with Crippen LogP contribution in [0.25, 0.3) is 0 Å². The van der Waals surface area contributed by atoms with Gasteiger partial charge in [0.1, 0.15) is 6.04 Å². The number of hydrogen-bond donors (Lipinski definition) is 3. The maximum Gasteiger partial charge on any atom is 0.318 e. The molecule has 0 bridgehead atoms. The summed E-state index contributed by atoms with van der Waals surface area (Å²) in [6.45, 7) is 8.96. The molecule has 0 aliphatic carbocycles. The number of thioether (sulfide) groups is 1. The van der Waals surface area contributed by atoms with Gasteiger partial charge in [-0.15, -0.1) is 10.2 Å². The van der Waals surface area contributed by atoms with Crippen LogP contribution in [0.5, 0.6) is 0 Å². The largest absolute Gasteiger partial charge is 0.351 e. The van der Waals surface area contributed by atoms with Gasteiger partial charge >= 0.3 is 6.03 Å². The summed E-state index contributed by atoms with van der Waals surface area (Å²) in [4.78, 5) is 24.7. The fourth-order valence-electron chi connectivity index (χ4n) is 2.82. The zero-order chi connectivity index (χ0) is 19.9. The van der Waals surface area contributed by atoms with E-state index in [2.05, 4.69) is 48.0 Å². The van der Waals surface area contributed by atoms with Gasteiger partial charge in [-0.25, -0.2) is 4.79 Å². The molecule has 1 rings (SSSR count). The number of imide groups is 1. The van der Waals surface area contributed by atoms with Gasteiger partial charge in [0, 0.05) is 13.0 Å². The van der Waals surface area contributed by atoms with Crippen LogP contribution in [0.4, 0.5) is 4.79 Å². The Bertz CT molecular complexity index is 602. The SMILES string of the molecule is CCCCn1c(S[C@H](C(=O)NC(N)=O)C(C)C)nnc1[C@@H](CC)[NH+](C)C. The highest BCUT2D eigenvalue weighted by molar-refractivity contribution is 8.00. The lowest BCUT2D eigenvalue weighted by Gasteiger charge is -2.22. The van der Waals surface area contributed by atoms with E-state index in [1.54, 1.807) is 0 Å². The van der Waals surface area contributed by atoms with Gasteiger partial charge in [-0.1, -0.05) is 45.9 Å². The van der Waals surface area contributed by atoms with Gasteiger partial charge < -0.3 is 15.2 Å². The van der Waals surface area contributed by atoms with Crippen LogP contribution in [0, 0.1) is 5.92 Å². The summed E-state index contributed by atoms with van der Waals surface area (Å²) in [6.07, 6.45) is 3.02. The third kappa shape index (κ3) is 5.98. The van der Waals surface area contributed by atoms with Crippen LogP contribution in [-0.2, 0) is 11.3 Å². The number of hydrogen-bond acceptors (Lipinski definition) is 5. The summed E-state index contributed by atoms with van der Waals surface area (Å²) >= 11 is 1.34. The molecule has 0 spiro atoms. The zero-order valence-electron chi connectivity index (χ0n) is 16.7. The van der Waals surface area contributed by atoms with Gasteiger partial charge in [-0.2, -0.15) is 0 Å². The third-order valence-corrected chi connectivity index (χ3v) is 5.77. The monoisotopic (exact) mass is 385 g/mol. The Morgan fingerprint density at radius 2 is 1.92 bits per heavy atom. The van der Waals surface area contributed by atoms with Crippen molar-refractivity contribution in [2.24, 2.45) is 11.7 Å². The van der Waals surface area contributed by atoms with E-state index in [1.165, 1.54) is 16.7 Å². The fraction of sp³-hybridized carbons (Fsp3) is 0.765. The zero-order valence-corrected chi connectivity index (χ0v) is 17.5. The lowest BCUT2D eigenvalue weighted by molar-refractivity contribution is -0.893. The Balaban J connectivity index is 3.18. The highest BCUT2D eigenvalue weighted by Crippen LogP contribution is 2.29. The molecule has 1 aromatic rings. The van der Waals surface area contributed by atoms with Gasteiger partial charge in [0.05, 0.1) is 19.3 Å². The summed E-state index contributed by atoms with van der Waals surface area (Å²) in [5, 5.41) is 11.2. The molecule has 0 saturated heterocycles. The molecule has 4 N–H and O–H groups in total. The molecule has 148 valence electrons. The van der Waals surface area contributed by atoms with Crippen molar-refractivity contribution in [1.29, 1.82) is 0 Å². The van der Waals surface area contributed by atoms with Crippen molar-refractivity contribution in [3.63, 3.8) is 0 Å². The first-order chi connectivity index (χ1) is 12.2. The Morgan fingerprint density at radius 3 is 2.38 bits per heavy atom. The number of carbonyl (C=O) groups is 2. The number of quaternary nitrogens is 1. The van der Waals surface area contributed by atoms with Crippen LogP contribution < -0.4 is 16.0 Å². The first-order valence-corrected chi connectivity index (χ1v) is 10.1. The van der Waals surface area contributed by atoms with Crippen LogP contribution >= 0.6 is 11.8 Å². The highest BCUT2D eigenvalue weighted by atomic mass is 32.2. The number of amides is 3. The number of nitrogens with one attached hydrogen (secondary N) is 2. The van der Waals surface area contributed by atoms with Gasteiger partial charge in [-0.3, -0.25) is 10.1 Å². The average Bonchev–Trinajstić information content (AvgIpc) is 2.92. The van der Waals surface area contributed by atoms with Crippen molar-refractivity contribution < 1.29 is 14.5 Å². The Hall–Kier alpha value is -1.61. The maximum atomic E-state index is 12.3. The summed E-state index contributed by atoms with van der Waals surface area (Å²) in [6, 6.07) is -0.595. The number of nitrogens with zero attached hydrogens (tertiary/aromatic N) is 3. The third-order valence-electron chi connectivity index (χ3n) is 4.24. The van der Waals surface area contributed by atoms with E-state index >= 15 is 0 Å². The number of unbranched alkanes of at least 4 members (excludes halogenated alkanes) is 1. The molecule has 1 heterocycles. The van der Waals surface area contributed by atoms with Gasteiger partial charge in [0.15, 0.2) is 11.0 Å². The molecule has 0 saturated carbocycles. The van der Waals surface area contributed by atoms with Crippen LogP contribution in [0.1, 0.15) is 58.8 Å². The molecule has 9 heteroatoms. The highest BCUT2D eigenvalue weighted by Gasteiger charge is 2.30. The van der Waals surface area contributed by atoms with Crippen LogP contribution in [-0.4, -0.2) is 46.0 Å². The van der Waals surface area contributed by atoms with Crippen LogP contribution in [0.2, 0.25) is 0 Å². The van der Waals surface area contributed by atoms with Crippen molar-refractivity contribution in [2.75, 3.05) is 14.1 Å². The summed E-state index contributed by atoms with van der Waals surface area (Å²) in [5.41, 5.74) is 5.10. The second-order valence-electron chi connectivity index (χ2n) is 7.02. The normalized spacial score (nSPS) is 13.8. The standard InChI is InChI=1S/C17H32N6O2S/c1-7-9-10-23-14(12(8-2)22(5)6)20-21-17(23)26-13(11(3)4)15(24)19-16(18)25/h11-13H,7-10H2,1-6H3,(H3,18,19,24,25)/p+1/t12-,13+/m1/s1. The molecule has 0 aliphatic rings. The molecule has 2 atom stereocenters. The molecule has 8 nitrogen and oxygen atoms in total. The predicted octanol–water partition coefficient (Wildman–Crippen LogP) is 0.985. The Morgan fingerprint density at radius 1 is 1.27 bits per heavy atom. The van der Waals surface area contributed by atoms with E-state index in [-0.39, 0.29) is 12.0 Å². The van der Waals surface area contributed by atoms with E-state index in [0.29, 0.717) is 5.16 Å². The number of aromatic nitrogens is 3. The van der Waals surface area contributed by atoms with E-state index in [9.17, 15) is 9.59 Å². The van der Waals surface area contributed by atoms with Gasteiger partial charge in [-0.05, 0) is 12.3 Å². The van der Waals surface area contributed by atoms with E-state index in [4.69, 9.17) is 5.73 Å². The van der Waals surface area contributed by atoms with Crippen molar-refractivity contribution in [3.8, 4) is 0 Å². The fourth-order valence-corrected chi connectivity index (χ4v) is 3.88. The Kier molecular flexibility index (Phi) is 9.07. The molecular formula is C17H33N6O2S+. The number of primary amides is 1. The maximum absolute atomic E-state index is 12.3. The summed E-state index contributed by atoms with van der Waals surface area (Å²) in [7, 11) is 4.22. The van der Waals surface area contributed by atoms with Crippen molar-refractivity contribution in [2.45, 2.75) is 70.0 Å². The van der Waals surface area contributed by atoms with Crippen LogP contribution in [0.15, 0.2) is 5.16 Å². The summed E-state index contributed by atoms with van der Waals surface area (Å²) < 4.78 is 2.13. The average molecular weight is 386 g/mol.